The molecule has 180 valence electrons. The lowest BCUT2D eigenvalue weighted by molar-refractivity contribution is 0.00189. The monoisotopic (exact) mass is 430 g/mol. The lowest BCUT2D eigenvalue weighted by Gasteiger charge is -2.49. The Morgan fingerprint density at radius 1 is 0.742 bits per heavy atom. The average molecular weight is 431 g/mol. The van der Waals surface area contributed by atoms with Crippen molar-refractivity contribution in [3.8, 4) is 0 Å². The van der Waals surface area contributed by atoms with Crippen molar-refractivity contribution in [3.05, 3.63) is 0 Å². The normalized spacial score (nSPS) is 38.2. The SMILES string of the molecule is CCC[C@H]1CCN(C2CC(CCC[C@@H]3CCN(C4CCC4)C[C@H]3CC)C2)C[C@H]1C(C)C. The van der Waals surface area contributed by atoms with E-state index in [9.17, 15) is 0 Å². The van der Waals surface area contributed by atoms with Gasteiger partial charge in [0.25, 0.3) is 0 Å². The van der Waals surface area contributed by atoms with Gasteiger partial charge in [-0.05, 0) is 87.1 Å². The largest absolute Gasteiger partial charge is 0.300 e. The molecule has 2 heterocycles. The number of hydrogen-bond donors (Lipinski definition) is 0. The quantitative estimate of drug-likeness (QED) is 0.360. The molecule has 0 N–H and O–H groups in total. The van der Waals surface area contributed by atoms with Crippen molar-refractivity contribution in [2.75, 3.05) is 26.2 Å². The zero-order chi connectivity index (χ0) is 21.8. The predicted octanol–water partition coefficient (Wildman–Crippen LogP) is 7.23. The van der Waals surface area contributed by atoms with Crippen molar-refractivity contribution in [2.24, 2.45) is 35.5 Å². The fourth-order valence-corrected chi connectivity index (χ4v) is 7.81. The van der Waals surface area contributed by atoms with Gasteiger partial charge in [0, 0.05) is 25.2 Å². The molecule has 0 unspecified atom stereocenters. The summed E-state index contributed by atoms with van der Waals surface area (Å²) in [6.07, 6.45) is 19.2. The molecule has 2 aliphatic carbocycles. The van der Waals surface area contributed by atoms with Crippen LogP contribution in [0.5, 0.6) is 0 Å². The van der Waals surface area contributed by atoms with E-state index >= 15 is 0 Å². The van der Waals surface area contributed by atoms with Crippen LogP contribution in [-0.2, 0) is 0 Å². The molecule has 4 atom stereocenters. The van der Waals surface area contributed by atoms with Crippen LogP contribution in [0.2, 0.25) is 0 Å². The van der Waals surface area contributed by atoms with Crippen LogP contribution in [0.4, 0.5) is 0 Å². The highest BCUT2D eigenvalue weighted by Gasteiger charge is 2.39. The Bertz CT molecular complexity index is 521. The van der Waals surface area contributed by atoms with Crippen molar-refractivity contribution in [3.63, 3.8) is 0 Å². The summed E-state index contributed by atoms with van der Waals surface area (Å²) in [6.45, 7) is 15.4. The Hall–Kier alpha value is -0.0800. The van der Waals surface area contributed by atoms with Crippen LogP contribution in [-0.4, -0.2) is 48.1 Å². The van der Waals surface area contributed by atoms with E-state index in [0.29, 0.717) is 0 Å². The second kappa shape index (κ2) is 11.4. The first kappa shape index (κ1) is 24.1. The highest BCUT2D eigenvalue weighted by Crippen LogP contribution is 2.41. The van der Waals surface area contributed by atoms with E-state index in [1.165, 1.54) is 110 Å². The minimum absolute atomic E-state index is 0.859. The van der Waals surface area contributed by atoms with Crippen LogP contribution in [0.3, 0.4) is 0 Å². The molecule has 31 heavy (non-hydrogen) atoms. The first-order valence-corrected chi connectivity index (χ1v) is 14.6. The van der Waals surface area contributed by atoms with Crippen molar-refractivity contribution in [1.29, 1.82) is 0 Å². The Morgan fingerprint density at radius 2 is 1.45 bits per heavy atom. The summed E-state index contributed by atoms with van der Waals surface area (Å²) in [4.78, 5) is 5.77. The van der Waals surface area contributed by atoms with Gasteiger partial charge in [-0.25, -0.2) is 0 Å². The smallest absolute Gasteiger partial charge is 0.0101 e. The van der Waals surface area contributed by atoms with E-state index in [-0.39, 0.29) is 0 Å². The molecule has 0 bridgehead atoms. The molecule has 0 radical (unpaired) electrons. The van der Waals surface area contributed by atoms with Crippen LogP contribution in [0.15, 0.2) is 0 Å². The van der Waals surface area contributed by atoms with E-state index in [0.717, 1.165) is 47.6 Å². The molecule has 0 spiro atoms. The molecular formula is C29H54N2. The van der Waals surface area contributed by atoms with Crippen LogP contribution in [0.1, 0.15) is 111 Å². The molecule has 2 nitrogen and oxygen atoms in total. The number of piperidine rings is 2. The summed E-state index contributed by atoms with van der Waals surface area (Å²) in [5.41, 5.74) is 0. The van der Waals surface area contributed by atoms with Gasteiger partial charge in [0.05, 0.1) is 0 Å². The van der Waals surface area contributed by atoms with E-state index in [2.05, 4.69) is 37.5 Å². The van der Waals surface area contributed by atoms with Gasteiger partial charge in [-0.3, -0.25) is 0 Å². The molecule has 0 aromatic carbocycles. The first-order valence-electron chi connectivity index (χ1n) is 14.6. The van der Waals surface area contributed by atoms with Gasteiger partial charge in [0.1, 0.15) is 0 Å². The van der Waals surface area contributed by atoms with E-state index in [1.54, 1.807) is 0 Å². The van der Waals surface area contributed by atoms with Gasteiger partial charge in [-0.2, -0.15) is 0 Å². The number of hydrogen-bond acceptors (Lipinski definition) is 2. The van der Waals surface area contributed by atoms with Crippen LogP contribution in [0.25, 0.3) is 0 Å². The Kier molecular flexibility index (Phi) is 8.82. The predicted molar refractivity (Wildman–Crippen MR) is 134 cm³/mol. The molecule has 0 amide bonds. The Morgan fingerprint density at radius 3 is 2.06 bits per heavy atom. The van der Waals surface area contributed by atoms with Crippen LogP contribution in [0, 0.1) is 35.5 Å². The van der Waals surface area contributed by atoms with Crippen molar-refractivity contribution in [2.45, 2.75) is 123 Å². The third-order valence-electron chi connectivity index (χ3n) is 10.3. The van der Waals surface area contributed by atoms with Gasteiger partial charge in [0.15, 0.2) is 0 Å². The topological polar surface area (TPSA) is 6.48 Å². The maximum absolute atomic E-state index is 2.91. The maximum Gasteiger partial charge on any atom is 0.0101 e. The number of rotatable bonds is 10. The standard InChI is InChI=1S/C29H54N2/c1-5-9-26-15-17-31(21-29(26)22(3)4)28-18-23(19-28)10-7-11-25-14-16-30(20-24(25)6-2)27-12-8-13-27/h22-29H,5-21H2,1-4H3/t23?,24-,25-,26+,28?,29+/m1/s1. The summed E-state index contributed by atoms with van der Waals surface area (Å²) in [7, 11) is 0. The number of likely N-dealkylation sites (tertiary alicyclic amines) is 2. The highest BCUT2D eigenvalue weighted by atomic mass is 15.2. The third-order valence-corrected chi connectivity index (χ3v) is 10.3. The highest BCUT2D eigenvalue weighted by molar-refractivity contribution is 4.92. The second-order valence-corrected chi connectivity index (χ2v) is 12.5. The maximum atomic E-state index is 2.91. The van der Waals surface area contributed by atoms with Gasteiger partial charge < -0.3 is 9.80 Å². The second-order valence-electron chi connectivity index (χ2n) is 12.5. The van der Waals surface area contributed by atoms with E-state index in [1.807, 2.05) is 0 Å². The molecule has 4 rings (SSSR count). The molecule has 0 aromatic rings. The zero-order valence-electron chi connectivity index (χ0n) is 21.5. The van der Waals surface area contributed by atoms with Gasteiger partial charge in [0.2, 0.25) is 0 Å². The van der Waals surface area contributed by atoms with Crippen molar-refractivity contribution in [1.82, 2.24) is 9.80 Å². The minimum Gasteiger partial charge on any atom is -0.300 e. The molecule has 2 saturated carbocycles. The first-order chi connectivity index (χ1) is 15.1. The molecule has 2 heteroatoms. The molecule has 0 aromatic heterocycles. The summed E-state index contributed by atoms with van der Waals surface area (Å²) >= 11 is 0. The lowest BCUT2D eigenvalue weighted by Crippen LogP contribution is -2.52. The Labute approximate surface area is 194 Å². The number of nitrogens with zero attached hydrogens (tertiary/aromatic N) is 2. The summed E-state index contributed by atoms with van der Waals surface area (Å²) in [6, 6.07) is 1.90. The van der Waals surface area contributed by atoms with Crippen LogP contribution >= 0.6 is 0 Å². The lowest BCUT2D eigenvalue weighted by atomic mass is 9.71. The average Bonchev–Trinajstić information content (AvgIpc) is 2.69. The fourth-order valence-electron chi connectivity index (χ4n) is 7.81. The molecule has 2 saturated heterocycles. The van der Waals surface area contributed by atoms with E-state index < -0.39 is 0 Å². The van der Waals surface area contributed by atoms with Gasteiger partial charge in [-0.15, -0.1) is 0 Å². The van der Waals surface area contributed by atoms with Crippen LogP contribution < -0.4 is 0 Å². The third kappa shape index (κ3) is 5.89. The zero-order valence-corrected chi connectivity index (χ0v) is 21.5. The Balaban J connectivity index is 1.13. The molecule has 4 aliphatic rings. The summed E-state index contributed by atoms with van der Waals surface area (Å²) in [5.74, 6) is 5.87. The minimum atomic E-state index is 0.859. The molecule has 2 aliphatic heterocycles. The van der Waals surface area contributed by atoms with Gasteiger partial charge in [-0.1, -0.05) is 72.6 Å². The fraction of sp³-hybridized carbons (Fsp3) is 1.00. The van der Waals surface area contributed by atoms with E-state index in [4.69, 9.17) is 0 Å². The summed E-state index contributed by atoms with van der Waals surface area (Å²) < 4.78 is 0. The summed E-state index contributed by atoms with van der Waals surface area (Å²) in [5, 5.41) is 0. The van der Waals surface area contributed by atoms with Crippen molar-refractivity contribution < 1.29 is 0 Å². The molecular weight excluding hydrogens is 376 g/mol. The van der Waals surface area contributed by atoms with Gasteiger partial charge >= 0.3 is 0 Å². The van der Waals surface area contributed by atoms with Crippen molar-refractivity contribution >= 4 is 0 Å². The molecule has 4 fully saturated rings.